The molecular formula is C9H17NO4. The predicted molar refractivity (Wildman–Crippen MR) is 49.8 cm³/mol. The fraction of sp³-hybridized carbons (Fsp3) is 0.889. The molecule has 2 unspecified atom stereocenters. The summed E-state index contributed by atoms with van der Waals surface area (Å²) in [6.45, 7) is 1.29. The van der Waals surface area contributed by atoms with Crippen molar-refractivity contribution in [3.8, 4) is 0 Å². The molecule has 1 heterocycles. The van der Waals surface area contributed by atoms with Gasteiger partial charge in [0.2, 0.25) is 0 Å². The monoisotopic (exact) mass is 203 g/mol. The Hall–Kier alpha value is -0.650. The Labute approximate surface area is 82.9 Å². The number of ether oxygens (including phenoxy) is 1. The summed E-state index contributed by atoms with van der Waals surface area (Å²) in [5.74, 6) is -0.926. The van der Waals surface area contributed by atoms with Crippen LogP contribution in [0.25, 0.3) is 0 Å². The highest BCUT2D eigenvalue weighted by atomic mass is 16.5. The molecule has 0 saturated carbocycles. The lowest BCUT2D eigenvalue weighted by Gasteiger charge is -2.27. The number of hydrogen-bond donors (Lipinski definition) is 3. The van der Waals surface area contributed by atoms with Crippen LogP contribution in [0.4, 0.5) is 0 Å². The van der Waals surface area contributed by atoms with Gasteiger partial charge in [-0.05, 0) is 25.2 Å². The summed E-state index contributed by atoms with van der Waals surface area (Å²) in [7, 11) is 0. The second-order valence-corrected chi connectivity index (χ2v) is 3.70. The van der Waals surface area contributed by atoms with E-state index < -0.39 is 18.1 Å². The van der Waals surface area contributed by atoms with Gasteiger partial charge in [0.15, 0.2) is 0 Å². The minimum Gasteiger partial charge on any atom is -0.480 e. The van der Waals surface area contributed by atoms with Crippen molar-refractivity contribution < 1.29 is 19.7 Å². The highest BCUT2D eigenvalue weighted by Gasteiger charge is 2.25. The van der Waals surface area contributed by atoms with Crippen LogP contribution < -0.4 is 5.73 Å². The van der Waals surface area contributed by atoms with E-state index in [4.69, 9.17) is 15.6 Å². The van der Waals surface area contributed by atoms with E-state index in [0.29, 0.717) is 13.2 Å². The van der Waals surface area contributed by atoms with E-state index in [1.807, 2.05) is 0 Å². The molecule has 82 valence electrons. The van der Waals surface area contributed by atoms with Crippen molar-refractivity contribution in [2.24, 2.45) is 11.7 Å². The highest BCUT2D eigenvalue weighted by Crippen LogP contribution is 2.21. The number of carboxylic acid groups (broad SMARTS) is 1. The van der Waals surface area contributed by atoms with E-state index in [1.54, 1.807) is 0 Å². The van der Waals surface area contributed by atoms with Crippen LogP contribution >= 0.6 is 0 Å². The van der Waals surface area contributed by atoms with Gasteiger partial charge in [-0.2, -0.15) is 0 Å². The molecule has 0 amide bonds. The van der Waals surface area contributed by atoms with Crippen LogP contribution in [-0.2, 0) is 9.53 Å². The van der Waals surface area contributed by atoms with Gasteiger partial charge in [0.25, 0.3) is 0 Å². The Morgan fingerprint density at radius 1 is 1.50 bits per heavy atom. The third-order valence-corrected chi connectivity index (χ3v) is 2.62. The number of hydrogen-bond acceptors (Lipinski definition) is 4. The molecule has 0 spiro atoms. The quantitative estimate of drug-likeness (QED) is 0.577. The third kappa shape index (κ3) is 3.25. The van der Waals surface area contributed by atoms with Crippen LogP contribution in [0.3, 0.4) is 0 Å². The van der Waals surface area contributed by atoms with Crippen molar-refractivity contribution in [3.63, 3.8) is 0 Å². The lowest BCUT2D eigenvalue weighted by atomic mass is 9.90. The summed E-state index contributed by atoms with van der Waals surface area (Å²) in [6, 6.07) is -0.965. The van der Waals surface area contributed by atoms with E-state index in [-0.39, 0.29) is 12.3 Å². The van der Waals surface area contributed by atoms with Crippen molar-refractivity contribution in [1.29, 1.82) is 0 Å². The van der Waals surface area contributed by atoms with Gasteiger partial charge < -0.3 is 20.7 Å². The number of aliphatic carboxylic acids is 1. The summed E-state index contributed by atoms with van der Waals surface area (Å²) in [4.78, 5) is 10.5. The molecule has 5 nitrogen and oxygen atoms in total. The topological polar surface area (TPSA) is 92.8 Å². The molecule has 0 aromatic heterocycles. The molecule has 0 aliphatic carbocycles. The van der Waals surface area contributed by atoms with E-state index >= 15 is 0 Å². The highest BCUT2D eigenvalue weighted by molar-refractivity contribution is 5.73. The van der Waals surface area contributed by atoms with Gasteiger partial charge in [-0.1, -0.05) is 0 Å². The zero-order valence-electron chi connectivity index (χ0n) is 8.06. The molecular weight excluding hydrogens is 186 g/mol. The summed E-state index contributed by atoms with van der Waals surface area (Å²) in [5, 5.41) is 18.3. The second kappa shape index (κ2) is 5.29. The van der Waals surface area contributed by atoms with Gasteiger partial charge >= 0.3 is 5.97 Å². The van der Waals surface area contributed by atoms with Crippen LogP contribution in [0.1, 0.15) is 19.3 Å². The van der Waals surface area contributed by atoms with Gasteiger partial charge in [-0.25, -0.2) is 0 Å². The average Bonchev–Trinajstić information content (AvgIpc) is 2.19. The Bertz CT molecular complexity index is 191. The van der Waals surface area contributed by atoms with E-state index in [0.717, 1.165) is 12.8 Å². The second-order valence-electron chi connectivity index (χ2n) is 3.70. The number of carbonyl (C=O) groups is 1. The Morgan fingerprint density at radius 2 is 2.07 bits per heavy atom. The molecule has 1 aliphatic heterocycles. The van der Waals surface area contributed by atoms with Gasteiger partial charge in [0, 0.05) is 13.2 Å². The summed E-state index contributed by atoms with van der Waals surface area (Å²) >= 11 is 0. The van der Waals surface area contributed by atoms with Gasteiger partial charge in [-0.15, -0.1) is 0 Å². The summed E-state index contributed by atoms with van der Waals surface area (Å²) in [6.07, 6.45) is 1.08. The maximum absolute atomic E-state index is 10.5. The average molecular weight is 203 g/mol. The Kier molecular flexibility index (Phi) is 4.31. The molecule has 14 heavy (non-hydrogen) atoms. The van der Waals surface area contributed by atoms with Gasteiger partial charge in [0.05, 0.1) is 6.10 Å². The summed E-state index contributed by atoms with van der Waals surface area (Å²) < 4.78 is 5.14. The van der Waals surface area contributed by atoms with Crippen LogP contribution in [0.15, 0.2) is 0 Å². The van der Waals surface area contributed by atoms with E-state index in [2.05, 4.69) is 0 Å². The molecule has 0 bridgehead atoms. The van der Waals surface area contributed by atoms with Gasteiger partial charge in [0.1, 0.15) is 6.04 Å². The Morgan fingerprint density at radius 3 is 2.57 bits per heavy atom. The maximum atomic E-state index is 10.5. The lowest BCUT2D eigenvalue weighted by Crippen LogP contribution is -2.38. The van der Waals surface area contributed by atoms with Crippen molar-refractivity contribution in [3.05, 3.63) is 0 Å². The van der Waals surface area contributed by atoms with Crippen LogP contribution in [0.2, 0.25) is 0 Å². The van der Waals surface area contributed by atoms with E-state index in [9.17, 15) is 9.90 Å². The molecule has 2 atom stereocenters. The molecule has 0 aromatic carbocycles. The number of aliphatic hydroxyl groups is 1. The predicted octanol–water partition coefficient (Wildman–Crippen LogP) is -0.424. The minimum absolute atomic E-state index is 0.125. The van der Waals surface area contributed by atoms with Crippen molar-refractivity contribution >= 4 is 5.97 Å². The molecule has 4 N–H and O–H groups in total. The minimum atomic E-state index is -1.06. The number of rotatable bonds is 4. The molecule has 1 aliphatic rings. The van der Waals surface area contributed by atoms with Crippen molar-refractivity contribution in [1.82, 2.24) is 0 Å². The fourth-order valence-corrected chi connectivity index (χ4v) is 1.65. The van der Waals surface area contributed by atoms with Crippen LogP contribution in [0.5, 0.6) is 0 Å². The zero-order chi connectivity index (χ0) is 10.6. The third-order valence-electron chi connectivity index (χ3n) is 2.62. The number of nitrogens with two attached hydrogens (primary N) is 1. The van der Waals surface area contributed by atoms with Crippen molar-refractivity contribution in [2.75, 3.05) is 13.2 Å². The largest absolute Gasteiger partial charge is 0.480 e. The first-order valence-corrected chi connectivity index (χ1v) is 4.85. The van der Waals surface area contributed by atoms with E-state index in [1.165, 1.54) is 0 Å². The smallest absolute Gasteiger partial charge is 0.320 e. The normalized spacial score (nSPS) is 23.0. The number of carboxylic acids is 1. The molecule has 0 aromatic rings. The molecule has 5 heteroatoms. The molecule has 0 radical (unpaired) electrons. The molecule has 1 fully saturated rings. The first kappa shape index (κ1) is 11.4. The van der Waals surface area contributed by atoms with Gasteiger partial charge in [-0.3, -0.25) is 4.79 Å². The van der Waals surface area contributed by atoms with Crippen LogP contribution in [0, 0.1) is 5.92 Å². The standard InChI is InChI=1S/C9H17NO4/c10-7(9(12)13)5-8(11)6-1-3-14-4-2-6/h6-8,11H,1-5,10H2,(H,12,13). The first-order chi connectivity index (χ1) is 6.61. The number of aliphatic hydroxyl groups excluding tert-OH is 1. The SMILES string of the molecule is NC(CC(O)C1CCOCC1)C(=O)O. The zero-order valence-corrected chi connectivity index (χ0v) is 8.06. The molecule has 1 rings (SSSR count). The maximum Gasteiger partial charge on any atom is 0.320 e. The fourth-order valence-electron chi connectivity index (χ4n) is 1.65. The molecule has 1 saturated heterocycles. The lowest BCUT2D eigenvalue weighted by molar-refractivity contribution is -0.139. The summed E-state index contributed by atoms with van der Waals surface area (Å²) in [5.41, 5.74) is 5.33. The van der Waals surface area contributed by atoms with Crippen LogP contribution in [-0.4, -0.2) is 41.5 Å². The Balaban J connectivity index is 2.32. The first-order valence-electron chi connectivity index (χ1n) is 4.85. The van der Waals surface area contributed by atoms with Crippen molar-refractivity contribution in [2.45, 2.75) is 31.4 Å².